The first kappa shape index (κ1) is 28.8. The van der Waals surface area contributed by atoms with E-state index in [9.17, 15) is 4.79 Å². The summed E-state index contributed by atoms with van der Waals surface area (Å²) in [5.74, 6) is 3.31. The van der Waals surface area contributed by atoms with Gasteiger partial charge in [0, 0.05) is 12.1 Å². The molecule has 3 aromatic rings. The molecule has 0 spiro atoms. The van der Waals surface area contributed by atoms with Crippen LogP contribution in [0.3, 0.4) is 0 Å². The fourth-order valence-electron chi connectivity index (χ4n) is 3.84. The molecule has 0 saturated heterocycles. The molecule has 0 aliphatic heterocycles. The van der Waals surface area contributed by atoms with Crippen molar-refractivity contribution in [1.82, 2.24) is 0 Å². The second-order valence-electron chi connectivity index (χ2n) is 8.03. The highest BCUT2D eigenvalue weighted by molar-refractivity contribution is 6.03. The molecule has 0 bridgehead atoms. The molecule has 39 heavy (non-hydrogen) atoms. The van der Waals surface area contributed by atoms with Crippen molar-refractivity contribution in [3.8, 4) is 40.2 Å². The Balaban J connectivity index is 1.88. The van der Waals surface area contributed by atoms with Crippen molar-refractivity contribution in [2.45, 2.75) is 0 Å². The van der Waals surface area contributed by atoms with Crippen LogP contribution in [0.25, 0.3) is 18.2 Å². The highest BCUT2D eigenvalue weighted by Crippen LogP contribution is 2.39. The Morgan fingerprint density at radius 3 is 1.51 bits per heavy atom. The van der Waals surface area contributed by atoms with Crippen molar-refractivity contribution in [2.24, 2.45) is 0 Å². The minimum Gasteiger partial charge on any atom is -0.497 e. The van der Waals surface area contributed by atoms with Gasteiger partial charge < -0.3 is 38.5 Å². The summed E-state index contributed by atoms with van der Waals surface area (Å²) in [6, 6.07) is 12.6. The standard InChI is InChI=1S/C30H33NO8/c1-33-22-12-11-21(10-8-19-14-24(34-2)29(38-6)25(15-19)35-3)23(18-22)31-28(32)13-9-20-16-26(36-4)30(39-7)27(17-20)37-5/h8-18H,1-7H3,(H,31,32)/b10-8+,13-9+. The molecule has 3 rings (SSSR count). The maximum atomic E-state index is 12.9. The minimum absolute atomic E-state index is 0.334. The third kappa shape index (κ3) is 6.95. The zero-order chi connectivity index (χ0) is 28.4. The van der Waals surface area contributed by atoms with Gasteiger partial charge in [-0.3, -0.25) is 4.79 Å². The number of rotatable bonds is 12. The van der Waals surface area contributed by atoms with Crippen LogP contribution in [0.1, 0.15) is 16.7 Å². The van der Waals surface area contributed by atoms with E-state index in [0.717, 1.165) is 11.1 Å². The number of ether oxygens (including phenoxy) is 7. The molecule has 0 heterocycles. The normalized spacial score (nSPS) is 10.8. The molecule has 0 aliphatic carbocycles. The zero-order valence-electron chi connectivity index (χ0n) is 23.1. The summed E-state index contributed by atoms with van der Waals surface area (Å²) < 4.78 is 37.8. The molecule has 1 N–H and O–H groups in total. The quantitative estimate of drug-likeness (QED) is 0.238. The number of benzene rings is 3. The van der Waals surface area contributed by atoms with Crippen molar-refractivity contribution in [2.75, 3.05) is 55.1 Å². The topological polar surface area (TPSA) is 93.7 Å². The van der Waals surface area contributed by atoms with Crippen LogP contribution in [0.2, 0.25) is 0 Å². The van der Waals surface area contributed by atoms with Gasteiger partial charge in [0.1, 0.15) is 5.75 Å². The third-order valence-electron chi connectivity index (χ3n) is 5.77. The molecule has 9 heteroatoms. The first-order chi connectivity index (χ1) is 18.9. The number of carbonyl (C=O) groups excluding carboxylic acids is 1. The monoisotopic (exact) mass is 535 g/mol. The third-order valence-corrected chi connectivity index (χ3v) is 5.77. The maximum absolute atomic E-state index is 12.9. The largest absolute Gasteiger partial charge is 0.497 e. The zero-order valence-corrected chi connectivity index (χ0v) is 23.1. The molecule has 0 aliphatic rings. The summed E-state index contributed by atoms with van der Waals surface area (Å²) >= 11 is 0. The SMILES string of the molecule is COc1ccc(/C=C/c2cc(OC)c(OC)c(OC)c2)c(NC(=O)/C=C/c2cc(OC)c(OC)c(OC)c2)c1. The average molecular weight is 536 g/mol. The summed E-state index contributed by atoms with van der Waals surface area (Å²) in [5.41, 5.74) is 2.85. The van der Waals surface area contributed by atoms with Gasteiger partial charge in [-0.1, -0.05) is 12.2 Å². The molecule has 0 unspecified atom stereocenters. The molecule has 0 saturated carbocycles. The van der Waals surface area contributed by atoms with Crippen molar-refractivity contribution >= 4 is 29.8 Å². The highest BCUT2D eigenvalue weighted by Gasteiger charge is 2.14. The van der Waals surface area contributed by atoms with Crippen molar-refractivity contribution < 1.29 is 38.0 Å². The van der Waals surface area contributed by atoms with Gasteiger partial charge in [0.15, 0.2) is 23.0 Å². The smallest absolute Gasteiger partial charge is 0.248 e. The number of hydrogen-bond donors (Lipinski definition) is 1. The lowest BCUT2D eigenvalue weighted by Crippen LogP contribution is -2.09. The minimum atomic E-state index is -0.334. The first-order valence-electron chi connectivity index (χ1n) is 11.9. The lowest BCUT2D eigenvalue weighted by atomic mass is 10.1. The van der Waals surface area contributed by atoms with Crippen molar-refractivity contribution in [3.63, 3.8) is 0 Å². The van der Waals surface area contributed by atoms with Gasteiger partial charge in [-0.2, -0.15) is 0 Å². The number of amides is 1. The molecule has 206 valence electrons. The van der Waals surface area contributed by atoms with Gasteiger partial charge in [-0.05, 0) is 59.2 Å². The van der Waals surface area contributed by atoms with E-state index in [2.05, 4.69) is 5.32 Å². The van der Waals surface area contributed by atoms with Gasteiger partial charge >= 0.3 is 0 Å². The Morgan fingerprint density at radius 1 is 0.590 bits per heavy atom. The number of carbonyl (C=O) groups is 1. The van der Waals surface area contributed by atoms with Crippen LogP contribution in [0, 0.1) is 0 Å². The number of anilines is 1. The van der Waals surface area contributed by atoms with Crippen LogP contribution in [0.5, 0.6) is 40.2 Å². The lowest BCUT2D eigenvalue weighted by Gasteiger charge is -2.13. The maximum Gasteiger partial charge on any atom is 0.248 e. The molecular formula is C30H33NO8. The number of nitrogens with one attached hydrogen (secondary N) is 1. The second-order valence-corrected chi connectivity index (χ2v) is 8.03. The molecule has 0 atom stereocenters. The van der Waals surface area contributed by atoms with Crippen molar-refractivity contribution in [3.05, 3.63) is 65.2 Å². The number of methoxy groups -OCH3 is 7. The van der Waals surface area contributed by atoms with Crippen LogP contribution in [-0.4, -0.2) is 55.7 Å². The van der Waals surface area contributed by atoms with Crippen LogP contribution >= 0.6 is 0 Å². The van der Waals surface area contributed by atoms with Gasteiger partial charge in [0.2, 0.25) is 17.4 Å². The molecule has 0 aromatic heterocycles. The Bertz CT molecular complexity index is 1310. The first-order valence-corrected chi connectivity index (χ1v) is 11.9. The van der Waals surface area contributed by atoms with Crippen LogP contribution < -0.4 is 38.5 Å². The molecule has 1 amide bonds. The van der Waals surface area contributed by atoms with Gasteiger partial charge in [0.05, 0.1) is 55.5 Å². The molecule has 0 radical (unpaired) electrons. The summed E-state index contributed by atoms with van der Waals surface area (Å²) in [7, 11) is 10.8. The average Bonchev–Trinajstić information content (AvgIpc) is 2.97. The Morgan fingerprint density at radius 2 is 1.08 bits per heavy atom. The van der Waals surface area contributed by atoms with E-state index in [0.29, 0.717) is 51.5 Å². The van der Waals surface area contributed by atoms with E-state index in [4.69, 9.17) is 33.2 Å². The second kappa shape index (κ2) is 13.7. The predicted octanol–water partition coefficient (Wildman–Crippen LogP) is 5.57. The summed E-state index contributed by atoms with van der Waals surface area (Å²) in [4.78, 5) is 12.9. The van der Waals surface area contributed by atoms with Crippen LogP contribution in [-0.2, 0) is 4.79 Å². The van der Waals surface area contributed by atoms with E-state index in [1.807, 2.05) is 36.4 Å². The highest BCUT2D eigenvalue weighted by atomic mass is 16.5. The van der Waals surface area contributed by atoms with E-state index in [-0.39, 0.29) is 5.91 Å². The Kier molecular flexibility index (Phi) is 10.1. The van der Waals surface area contributed by atoms with E-state index < -0.39 is 0 Å². The molecule has 9 nitrogen and oxygen atoms in total. The van der Waals surface area contributed by atoms with Gasteiger partial charge in [0.25, 0.3) is 0 Å². The molecule has 0 fully saturated rings. The molecule has 3 aromatic carbocycles. The van der Waals surface area contributed by atoms with Gasteiger partial charge in [-0.15, -0.1) is 0 Å². The van der Waals surface area contributed by atoms with Crippen LogP contribution in [0.15, 0.2) is 48.5 Å². The summed E-state index contributed by atoms with van der Waals surface area (Å²) in [6.07, 6.45) is 6.84. The van der Waals surface area contributed by atoms with E-state index in [1.54, 1.807) is 52.7 Å². The van der Waals surface area contributed by atoms with E-state index in [1.165, 1.54) is 27.4 Å². The van der Waals surface area contributed by atoms with Crippen molar-refractivity contribution in [1.29, 1.82) is 0 Å². The molecular weight excluding hydrogens is 502 g/mol. The number of hydrogen-bond acceptors (Lipinski definition) is 8. The van der Waals surface area contributed by atoms with Gasteiger partial charge in [-0.25, -0.2) is 0 Å². The Hall–Kier alpha value is -4.79. The van der Waals surface area contributed by atoms with Crippen LogP contribution in [0.4, 0.5) is 5.69 Å². The summed E-state index contributed by atoms with van der Waals surface area (Å²) in [5, 5.41) is 2.92. The fraction of sp³-hybridized carbons (Fsp3) is 0.233. The predicted molar refractivity (Wildman–Crippen MR) is 152 cm³/mol. The lowest BCUT2D eigenvalue weighted by molar-refractivity contribution is -0.111. The summed E-state index contributed by atoms with van der Waals surface area (Å²) in [6.45, 7) is 0. The Labute approximate surface area is 228 Å². The fourth-order valence-corrected chi connectivity index (χ4v) is 3.84. The van der Waals surface area contributed by atoms with E-state index >= 15 is 0 Å².